The van der Waals surface area contributed by atoms with Gasteiger partial charge in [0.05, 0.1) is 12.6 Å². The summed E-state index contributed by atoms with van der Waals surface area (Å²) in [5, 5.41) is 7.12. The fraction of sp³-hybridized carbons (Fsp3) is 0.450. The lowest BCUT2D eigenvalue weighted by atomic mass is 10.0. The summed E-state index contributed by atoms with van der Waals surface area (Å²) in [5.41, 5.74) is 0. The van der Waals surface area contributed by atoms with E-state index in [4.69, 9.17) is 23.8 Å². The summed E-state index contributed by atoms with van der Waals surface area (Å²) in [6.45, 7) is 3.01. The van der Waals surface area contributed by atoms with Crippen molar-refractivity contribution < 1.29 is 41.8 Å². The number of halogens is 3. The van der Waals surface area contributed by atoms with E-state index in [1.54, 1.807) is 18.3 Å². The summed E-state index contributed by atoms with van der Waals surface area (Å²) in [7, 11) is 0. The molecule has 1 N–H and O–H groups in total. The number of amides is 1. The molecule has 11 heteroatoms. The van der Waals surface area contributed by atoms with Gasteiger partial charge in [-0.25, -0.2) is 9.78 Å². The highest BCUT2D eigenvalue weighted by atomic mass is 19.4. The summed E-state index contributed by atoms with van der Waals surface area (Å²) < 4.78 is 49.2. The highest BCUT2D eigenvalue weighted by Gasteiger charge is 2.48. The minimum Gasteiger partial charge on any atom is -0.475 e. The number of carbonyl (C=O) groups is 2. The van der Waals surface area contributed by atoms with Crippen molar-refractivity contribution in [3.63, 3.8) is 0 Å². The summed E-state index contributed by atoms with van der Waals surface area (Å²) in [6, 6.07) is 9.09. The van der Waals surface area contributed by atoms with Crippen molar-refractivity contribution >= 4 is 11.9 Å². The number of hydrogen-bond donors (Lipinski definition) is 1. The number of furan rings is 1. The molecule has 0 saturated carbocycles. The maximum atomic E-state index is 12.8. The molecule has 2 saturated heterocycles. The Kier molecular flexibility index (Phi) is 6.84. The van der Waals surface area contributed by atoms with Crippen LogP contribution >= 0.6 is 0 Å². The average Bonchev–Trinajstić information content (AvgIpc) is 3.32. The van der Waals surface area contributed by atoms with Crippen LogP contribution in [0.1, 0.15) is 29.2 Å². The van der Waals surface area contributed by atoms with E-state index in [9.17, 15) is 18.0 Å². The standard InChI is InChI=1S/C18H20N2O4.C2HF3O2/c1-12-7-8-14(23-12)18(21)20-11-15(17-13(20)5-4-10-22-17)24-16-6-2-3-9-19-16;3-2(4,5)1(6)7/h2-3,6-9,13,15,17H,4-5,10-11H2,1H3;(H,6,7)/t13-,15+,17+;/m1./s1. The van der Waals surface area contributed by atoms with Crippen molar-refractivity contribution in [3.8, 4) is 5.88 Å². The molecule has 2 aromatic heterocycles. The number of carboxylic acids is 1. The topological polar surface area (TPSA) is 102 Å². The smallest absolute Gasteiger partial charge is 0.475 e. The van der Waals surface area contributed by atoms with Crippen LogP contribution in [0.25, 0.3) is 0 Å². The largest absolute Gasteiger partial charge is 0.490 e. The molecular formula is C20H21F3N2O6. The van der Waals surface area contributed by atoms with Gasteiger partial charge in [-0.2, -0.15) is 13.2 Å². The van der Waals surface area contributed by atoms with Gasteiger partial charge in [0.2, 0.25) is 5.88 Å². The lowest BCUT2D eigenvalue weighted by molar-refractivity contribution is -0.192. The molecule has 3 atom stereocenters. The zero-order chi connectivity index (χ0) is 22.6. The number of hydrogen-bond acceptors (Lipinski definition) is 6. The van der Waals surface area contributed by atoms with Crippen LogP contribution in [-0.2, 0) is 9.53 Å². The second-order valence-electron chi connectivity index (χ2n) is 7.04. The molecule has 8 nitrogen and oxygen atoms in total. The van der Waals surface area contributed by atoms with Gasteiger partial charge >= 0.3 is 12.1 Å². The second kappa shape index (κ2) is 9.38. The van der Waals surface area contributed by atoms with Gasteiger partial charge in [0.1, 0.15) is 18.0 Å². The Morgan fingerprint density at radius 2 is 2.00 bits per heavy atom. The first kappa shape index (κ1) is 22.6. The molecule has 4 heterocycles. The Hall–Kier alpha value is -3.08. The van der Waals surface area contributed by atoms with E-state index in [-0.39, 0.29) is 24.2 Å². The van der Waals surface area contributed by atoms with Crippen molar-refractivity contribution in [1.29, 1.82) is 0 Å². The number of carboxylic acid groups (broad SMARTS) is 1. The van der Waals surface area contributed by atoms with Gasteiger partial charge in [0.15, 0.2) is 5.76 Å². The van der Waals surface area contributed by atoms with Gasteiger partial charge in [-0.05, 0) is 38.0 Å². The molecule has 2 aromatic rings. The van der Waals surface area contributed by atoms with Crippen LogP contribution in [0.3, 0.4) is 0 Å². The van der Waals surface area contributed by atoms with E-state index in [0.717, 1.165) is 18.6 Å². The number of likely N-dealkylation sites (tertiary alicyclic amines) is 1. The van der Waals surface area contributed by atoms with Gasteiger partial charge in [-0.15, -0.1) is 0 Å². The number of fused-ring (bicyclic) bond motifs is 1. The Morgan fingerprint density at radius 3 is 2.58 bits per heavy atom. The number of aliphatic carboxylic acids is 1. The van der Waals surface area contributed by atoms with Gasteiger partial charge in [0, 0.05) is 18.9 Å². The molecule has 1 amide bonds. The number of nitrogens with zero attached hydrogens (tertiary/aromatic N) is 2. The van der Waals surface area contributed by atoms with Crippen molar-refractivity contribution in [2.45, 2.75) is 44.2 Å². The number of pyridine rings is 1. The first-order chi connectivity index (χ1) is 14.7. The van der Waals surface area contributed by atoms with Crippen LogP contribution in [0.2, 0.25) is 0 Å². The minimum atomic E-state index is -5.08. The van der Waals surface area contributed by atoms with Gasteiger partial charge in [-0.3, -0.25) is 4.79 Å². The highest BCUT2D eigenvalue weighted by Crippen LogP contribution is 2.32. The third kappa shape index (κ3) is 5.54. The maximum Gasteiger partial charge on any atom is 0.490 e. The Balaban J connectivity index is 0.000000339. The van der Waals surface area contributed by atoms with Crippen molar-refractivity contribution in [3.05, 3.63) is 48.0 Å². The third-order valence-corrected chi connectivity index (χ3v) is 4.84. The molecule has 4 rings (SSSR count). The average molecular weight is 442 g/mol. The first-order valence-corrected chi connectivity index (χ1v) is 9.53. The number of ether oxygens (including phenoxy) is 2. The van der Waals surface area contributed by atoms with Crippen LogP contribution in [0.15, 0.2) is 40.9 Å². The zero-order valence-corrected chi connectivity index (χ0v) is 16.5. The number of carbonyl (C=O) groups excluding carboxylic acids is 1. The van der Waals surface area contributed by atoms with Crippen LogP contribution in [0.5, 0.6) is 5.88 Å². The first-order valence-electron chi connectivity index (χ1n) is 9.53. The lowest BCUT2D eigenvalue weighted by Crippen LogP contribution is -2.44. The molecular weight excluding hydrogens is 421 g/mol. The van der Waals surface area contributed by atoms with Crippen molar-refractivity contribution in [1.82, 2.24) is 9.88 Å². The Morgan fingerprint density at radius 1 is 1.26 bits per heavy atom. The molecule has 0 bridgehead atoms. The molecule has 0 unspecified atom stereocenters. The number of aryl methyl sites for hydroxylation is 1. The SMILES string of the molecule is Cc1ccc(C(=O)N2C[C@H](Oc3ccccn3)[C@H]3OCCC[C@H]32)o1.O=C(O)C(F)(F)F. The summed E-state index contributed by atoms with van der Waals surface area (Å²) in [5.74, 6) is -1.20. The molecule has 2 aliphatic rings. The van der Waals surface area contributed by atoms with Crippen LogP contribution < -0.4 is 4.74 Å². The predicted molar refractivity (Wildman–Crippen MR) is 99.6 cm³/mol. The fourth-order valence-corrected chi connectivity index (χ4v) is 3.51. The normalized spacial score (nSPS) is 22.8. The van der Waals surface area contributed by atoms with E-state index in [1.165, 1.54) is 0 Å². The van der Waals surface area contributed by atoms with E-state index in [0.29, 0.717) is 24.8 Å². The number of rotatable bonds is 3. The number of aromatic nitrogens is 1. The second-order valence-corrected chi connectivity index (χ2v) is 7.04. The van der Waals surface area contributed by atoms with Crippen molar-refractivity contribution in [2.24, 2.45) is 0 Å². The van der Waals surface area contributed by atoms with Crippen LogP contribution in [0, 0.1) is 6.92 Å². The van der Waals surface area contributed by atoms with E-state index in [1.807, 2.05) is 30.0 Å². The quantitative estimate of drug-likeness (QED) is 0.780. The molecule has 0 aromatic carbocycles. The molecule has 31 heavy (non-hydrogen) atoms. The number of alkyl halides is 3. The minimum absolute atomic E-state index is 0.0189. The highest BCUT2D eigenvalue weighted by molar-refractivity contribution is 5.92. The molecule has 168 valence electrons. The summed E-state index contributed by atoms with van der Waals surface area (Å²) >= 11 is 0. The molecule has 0 radical (unpaired) electrons. The van der Waals surface area contributed by atoms with Crippen LogP contribution in [-0.4, -0.2) is 64.4 Å². The summed E-state index contributed by atoms with van der Waals surface area (Å²) in [6.07, 6.45) is -1.87. The monoisotopic (exact) mass is 442 g/mol. The van der Waals surface area contributed by atoms with Gasteiger partial charge < -0.3 is 23.9 Å². The van der Waals surface area contributed by atoms with E-state index >= 15 is 0 Å². The van der Waals surface area contributed by atoms with Crippen molar-refractivity contribution in [2.75, 3.05) is 13.2 Å². The van der Waals surface area contributed by atoms with Gasteiger partial charge in [-0.1, -0.05) is 6.07 Å². The molecule has 0 aliphatic carbocycles. The van der Waals surface area contributed by atoms with E-state index in [2.05, 4.69) is 4.98 Å². The zero-order valence-electron chi connectivity index (χ0n) is 16.5. The predicted octanol–water partition coefficient (Wildman–Crippen LogP) is 3.07. The van der Waals surface area contributed by atoms with E-state index < -0.39 is 12.1 Å². The third-order valence-electron chi connectivity index (χ3n) is 4.84. The lowest BCUT2D eigenvalue weighted by Gasteiger charge is -2.31. The Labute approximate surface area is 175 Å². The molecule has 0 spiro atoms. The maximum absolute atomic E-state index is 12.8. The molecule has 2 fully saturated rings. The Bertz CT molecular complexity index is 902. The van der Waals surface area contributed by atoms with Gasteiger partial charge in [0.25, 0.3) is 5.91 Å². The van der Waals surface area contributed by atoms with Crippen LogP contribution in [0.4, 0.5) is 13.2 Å². The summed E-state index contributed by atoms with van der Waals surface area (Å²) in [4.78, 5) is 27.8. The molecule has 2 aliphatic heterocycles. The fourth-order valence-electron chi connectivity index (χ4n) is 3.51.